The van der Waals surface area contributed by atoms with Gasteiger partial charge in [0.25, 0.3) is 0 Å². The predicted octanol–water partition coefficient (Wildman–Crippen LogP) is 4.43. The molecule has 0 aromatic carbocycles. The zero-order valence-electron chi connectivity index (χ0n) is 10.5. The Balaban J connectivity index is 0. The molecule has 1 unspecified atom stereocenters. The molecule has 0 aromatic heterocycles. The van der Waals surface area contributed by atoms with E-state index in [9.17, 15) is 43.9 Å². The lowest BCUT2D eigenvalue weighted by atomic mass is 10.3. The average Bonchev–Trinajstić information content (AvgIpc) is 2.24. The molecular formula is C9H9F11O2. The Bertz CT molecular complexity index is 376. The number of hydrogen-bond acceptors (Lipinski definition) is 2. The van der Waals surface area contributed by atoms with E-state index in [2.05, 4.69) is 9.47 Å². The van der Waals surface area contributed by atoms with Crippen molar-refractivity contribution in [3.8, 4) is 0 Å². The molecule has 0 amide bonds. The minimum atomic E-state index is -5.78. The second kappa shape index (κ2) is 6.98. The Kier molecular flexibility index (Phi) is 7.35. The van der Waals surface area contributed by atoms with E-state index in [1.54, 1.807) is 0 Å². The second-order valence-corrected chi connectivity index (χ2v) is 3.73. The molecule has 0 N–H and O–H groups in total. The summed E-state index contributed by atoms with van der Waals surface area (Å²) in [5.41, 5.74) is 0. The summed E-state index contributed by atoms with van der Waals surface area (Å²) in [7, 11) is 0. The highest BCUT2D eigenvalue weighted by Gasteiger charge is 2.62. The molecule has 0 fully saturated rings. The maximum atomic E-state index is 12.9. The molecule has 22 heavy (non-hydrogen) atoms. The highest BCUT2D eigenvalue weighted by molar-refractivity contribution is 4.91. The molecule has 0 heterocycles. The van der Waals surface area contributed by atoms with Gasteiger partial charge in [-0.2, -0.15) is 39.5 Å². The lowest BCUT2D eigenvalue weighted by Crippen LogP contribution is -2.51. The SMILES string of the molecule is C=C(F)C(F)(F)OCC(F)(F)C(F)(F)OC(C)C(F)(F)F.F. The van der Waals surface area contributed by atoms with E-state index in [-0.39, 0.29) is 11.6 Å². The fourth-order valence-electron chi connectivity index (χ4n) is 0.719. The molecule has 0 aromatic rings. The van der Waals surface area contributed by atoms with E-state index >= 15 is 0 Å². The highest BCUT2D eigenvalue weighted by Crippen LogP contribution is 2.40. The average molecular weight is 358 g/mol. The Morgan fingerprint density at radius 1 is 1.00 bits per heavy atom. The van der Waals surface area contributed by atoms with E-state index in [1.165, 1.54) is 0 Å². The summed E-state index contributed by atoms with van der Waals surface area (Å²) in [5, 5.41) is 0. The van der Waals surface area contributed by atoms with Crippen molar-refractivity contribution < 1.29 is 58.1 Å². The van der Waals surface area contributed by atoms with Gasteiger partial charge >= 0.3 is 24.3 Å². The third-order valence-corrected chi connectivity index (χ3v) is 1.96. The van der Waals surface area contributed by atoms with Crippen molar-refractivity contribution in [2.75, 3.05) is 6.61 Å². The van der Waals surface area contributed by atoms with Crippen molar-refractivity contribution >= 4 is 0 Å². The van der Waals surface area contributed by atoms with Crippen LogP contribution in [0.5, 0.6) is 0 Å². The van der Waals surface area contributed by atoms with Gasteiger partial charge in [0, 0.05) is 0 Å². The van der Waals surface area contributed by atoms with Gasteiger partial charge in [0.2, 0.25) is 0 Å². The zero-order valence-corrected chi connectivity index (χ0v) is 10.5. The Morgan fingerprint density at radius 3 is 1.73 bits per heavy atom. The molecule has 0 aliphatic heterocycles. The summed E-state index contributed by atoms with van der Waals surface area (Å²) >= 11 is 0. The topological polar surface area (TPSA) is 18.5 Å². The van der Waals surface area contributed by atoms with Gasteiger partial charge in [-0.3, -0.25) is 4.70 Å². The van der Waals surface area contributed by atoms with E-state index < -0.39 is 42.9 Å². The van der Waals surface area contributed by atoms with Crippen molar-refractivity contribution in [3.63, 3.8) is 0 Å². The molecule has 2 nitrogen and oxygen atoms in total. The molecule has 1 atom stereocenters. The lowest BCUT2D eigenvalue weighted by molar-refractivity contribution is -0.401. The summed E-state index contributed by atoms with van der Waals surface area (Å²) in [5.74, 6) is -8.13. The number of rotatable bonds is 7. The Labute approximate surface area is 116 Å². The summed E-state index contributed by atoms with van der Waals surface area (Å²) in [6.07, 6.45) is -19.5. The van der Waals surface area contributed by atoms with Gasteiger partial charge in [0.1, 0.15) is 6.61 Å². The molecule has 0 bridgehead atoms. The van der Waals surface area contributed by atoms with Crippen LogP contribution in [-0.4, -0.2) is 37.0 Å². The van der Waals surface area contributed by atoms with Gasteiger partial charge in [-0.15, -0.1) is 0 Å². The molecule has 0 saturated carbocycles. The molecule has 0 saturated heterocycles. The van der Waals surface area contributed by atoms with E-state index in [0.29, 0.717) is 0 Å². The predicted molar refractivity (Wildman–Crippen MR) is 50.1 cm³/mol. The molecule has 0 radical (unpaired) electrons. The third kappa shape index (κ3) is 5.94. The van der Waals surface area contributed by atoms with Gasteiger partial charge in [0.05, 0.1) is 0 Å². The van der Waals surface area contributed by atoms with Crippen LogP contribution in [0.4, 0.5) is 48.6 Å². The monoisotopic (exact) mass is 358 g/mol. The smallest absolute Gasteiger partial charge is 0.308 e. The first-order valence-electron chi connectivity index (χ1n) is 4.90. The van der Waals surface area contributed by atoms with Crippen LogP contribution < -0.4 is 0 Å². The first-order chi connectivity index (χ1) is 9.03. The van der Waals surface area contributed by atoms with Crippen LogP contribution >= 0.6 is 0 Å². The minimum absolute atomic E-state index is 0. The van der Waals surface area contributed by atoms with Crippen molar-refractivity contribution in [1.82, 2.24) is 0 Å². The van der Waals surface area contributed by atoms with Crippen LogP contribution in [-0.2, 0) is 9.47 Å². The standard InChI is InChI=1S/C9H8F10O2.FH/c1-4(10)8(16,17)20-3-6(11,12)9(18,19)21-5(2)7(13,14)15;/h5H,1,3H2,2H3;1H. The number of hydrogen-bond donors (Lipinski definition) is 0. The maximum Gasteiger partial charge on any atom is 0.422 e. The molecular weight excluding hydrogens is 349 g/mol. The van der Waals surface area contributed by atoms with Crippen molar-refractivity contribution in [2.24, 2.45) is 0 Å². The van der Waals surface area contributed by atoms with Gasteiger partial charge in [-0.25, -0.2) is 4.39 Å². The number of ether oxygens (including phenoxy) is 2. The molecule has 0 spiro atoms. The minimum Gasteiger partial charge on any atom is -0.308 e. The first kappa shape index (κ1) is 23.2. The third-order valence-electron chi connectivity index (χ3n) is 1.96. The molecule has 13 heteroatoms. The van der Waals surface area contributed by atoms with Crippen molar-refractivity contribution in [2.45, 2.75) is 37.3 Å². The van der Waals surface area contributed by atoms with E-state index in [0.717, 1.165) is 0 Å². The maximum absolute atomic E-state index is 12.9. The van der Waals surface area contributed by atoms with Gasteiger partial charge in [-0.1, -0.05) is 6.58 Å². The normalized spacial score (nSPS) is 15.2. The van der Waals surface area contributed by atoms with Gasteiger partial charge in [-0.05, 0) is 6.92 Å². The number of halogens is 11. The van der Waals surface area contributed by atoms with E-state index in [4.69, 9.17) is 0 Å². The Hall–Kier alpha value is -1.11. The molecule has 134 valence electrons. The summed E-state index contributed by atoms with van der Waals surface area (Å²) in [6, 6.07) is 0. The fraction of sp³-hybridized carbons (Fsp3) is 0.778. The lowest BCUT2D eigenvalue weighted by Gasteiger charge is -2.30. The van der Waals surface area contributed by atoms with Crippen LogP contribution in [0.3, 0.4) is 0 Å². The van der Waals surface area contributed by atoms with Crippen LogP contribution in [0.2, 0.25) is 0 Å². The van der Waals surface area contributed by atoms with Crippen molar-refractivity contribution in [3.05, 3.63) is 12.4 Å². The summed E-state index contributed by atoms with van der Waals surface area (Å²) in [4.78, 5) is 0. The van der Waals surface area contributed by atoms with Gasteiger partial charge < -0.3 is 9.47 Å². The number of alkyl halides is 9. The van der Waals surface area contributed by atoms with Crippen LogP contribution in [0.15, 0.2) is 12.4 Å². The summed E-state index contributed by atoms with van der Waals surface area (Å²) < 4.78 is 130. The van der Waals surface area contributed by atoms with Crippen LogP contribution in [0, 0.1) is 0 Å². The fourth-order valence-corrected chi connectivity index (χ4v) is 0.719. The van der Waals surface area contributed by atoms with E-state index in [1.807, 2.05) is 6.58 Å². The quantitative estimate of drug-likeness (QED) is 0.627. The van der Waals surface area contributed by atoms with Gasteiger partial charge in [0.15, 0.2) is 11.9 Å². The Morgan fingerprint density at radius 2 is 1.41 bits per heavy atom. The largest absolute Gasteiger partial charge is 0.422 e. The molecule has 0 rings (SSSR count). The molecule has 0 aliphatic rings. The highest BCUT2D eigenvalue weighted by atomic mass is 19.4. The van der Waals surface area contributed by atoms with Crippen LogP contribution in [0.25, 0.3) is 0 Å². The van der Waals surface area contributed by atoms with Crippen molar-refractivity contribution in [1.29, 1.82) is 0 Å². The zero-order chi connectivity index (χ0) is 17.3. The van der Waals surface area contributed by atoms with Crippen LogP contribution in [0.1, 0.15) is 6.92 Å². The first-order valence-corrected chi connectivity index (χ1v) is 4.90. The second-order valence-electron chi connectivity index (χ2n) is 3.73. The molecule has 0 aliphatic carbocycles. The summed E-state index contributed by atoms with van der Waals surface area (Å²) in [6.45, 7) is -0.786.